The Morgan fingerprint density at radius 2 is 1.95 bits per heavy atom. The maximum absolute atomic E-state index is 12.7. The first kappa shape index (κ1) is 14.1. The molecule has 7 heteroatoms. The highest BCUT2D eigenvalue weighted by Gasteiger charge is 2.36. The largest absolute Gasteiger partial charge is 0.418 e. The van der Waals surface area contributed by atoms with E-state index in [0.717, 1.165) is 12.1 Å². The quantitative estimate of drug-likeness (QED) is 0.784. The number of cyclic esters (lactones) is 1. The van der Waals surface area contributed by atoms with Crippen molar-refractivity contribution in [2.24, 2.45) is 0 Å². The Morgan fingerprint density at radius 3 is 2.50 bits per heavy atom. The minimum absolute atomic E-state index is 0.229. The lowest BCUT2D eigenvalue weighted by molar-refractivity contribution is -0.152. The average Bonchev–Trinajstić information content (AvgIpc) is 2.67. The molecule has 0 amide bonds. The summed E-state index contributed by atoms with van der Waals surface area (Å²) in [5.41, 5.74) is -1.50. The third-order valence-electron chi connectivity index (χ3n) is 2.61. The number of alkyl halides is 3. The second-order valence-electron chi connectivity index (χ2n) is 4.07. The van der Waals surface area contributed by atoms with Gasteiger partial charge in [-0.3, -0.25) is 0 Å². The Labute approximate surface area is 111 Å². The summed E-state index contributed by atoms with van der Waals surface area (Å²) in [4.78, 5) is 22.8. The van der Waals surface area contributed by atoms with E-state index in [4.69, 9.17) is 4.74 Å². The van der Waals surface area contributed by atoms with Crippen LogP contribution in [-0.4, -0.2) is 18.2 Å². The van der Waals surface area contributed by atoms with Crippen LogP contribution in [0.5, 0.6) is 0 Å². The van der Waals surface area contributed by atoms with Crippen molar-refractivity contribution in [1.29, 1.82) is 0 Å². The number of benzene rings is 1. The van der Waals surface area contributed by atoms with Gasteiger partial charge < -0.3 is 9.47 Å². The van der Waals surface area contributed by atoms with Crippen molar-refractivity contribution in [2.45, 2.75) is 19.4 Å². The van der Waals surface area contributed by atoms with E-state index >= 15 is 0 Å². The number of carbonyl (C=O) groups is 2. The highest BCUT2D eigenvalue weighted by atomic mass is 19.4. The van der Waals surface area contributed by atoms with E-state index in [1.807, 2.05) is 0 Å². The number of carbonyl (C=O) groups excluding carboxylic acids is 2. The summed E-state index contributed by atoms with van der Waals surface area (Å²) >= 11 is 0. The second kappa shape index (κ2) is 4.99. The second-order valence-corrected chi connectivity index (χ2v) is 4.07. The van der Waals surface area contributed by atoms with Crippen LogP contribution in [0.15, 0.2) is 35.9 Å². The number of rotatable bonds is 2. The Bertz CT molecular complexity index is 590. The molecule has 1 atom stereocenters. The molecule has 0 fully saturated rings. The molecule has 0 radical (unpaired) electrons. The van der Waals surface area contributed by atoms with E-state index in [0.29, 0.717) is 0 Å². The molecule has 1 unspecified atom stereocenters. The fraction of sp³-hybridized carbons (Fsp3) is 0.231. The molecule has 1 aromatic rings. The molecule has 1 heterocycles. The maximum atomic E-state index is 12.7. The molecule has 20 heavy (non-hydrogen) atoms. The summed E-state index contributed by atoms with van der Waals surface area (Å²) in [6, 6.07) is 4.23. The van der Waals surface area contributed by atoms with E-state index in [2.05, 4.69) is 4.74 Å². The van der Waals surface area contributed by atoms with Gasteiger partial charge in [0.15, 0.2) is 0 Å². The molecule has 2 rings (SSSR count). The fourth-order valence-corrected chi connectivity index (χ4v) is 1.64. The smallest absolute Gasteiger partial charge is 0.417 e. The molecule has 0 aliphatic carbocycles. The summed E-state index contributed by atoms with van der Waals surface area (Å²) in [5.74, 6) is -1.88. The van der Waals surface area contributed by atoms with E-state index in [1.54, 1.807) is 0 Å². The van der Waals surface area contributed by atoms with Gasteiger partial charge in [-0.25, -0.2) is 9.59 Å². The van der Waals surface area contributed by atoms with Gasteiger partial charge in [0.1, 0.15) is 0 Å². The predicted molar refractivity (Wildman–Crippen MR) is 60.5 cm³/mol. The first-order valence-corrected chi connectivity index (χ1v) is 5.55. The van der Waals surface area contributed by atoms with E-state index < -0.39 is 35.5 Å². The zero-order valence-corrected chi connectivity index (χ0v) is 10.2. The molecule has 4 nitrogen and oxygen atoms in total. The predicted octanol–water partition coefficient (Wildman–Crippen LogP) is 2.69. The van der Waals surface area contributed by atoms with E-state index in [9.17, 15) is 22.8 Å². The number of hydrogen-bond donors (Lipinski definition) is 0. The molecular formula is C13H9F3O4. The van der Waals surface area contributed by atoms with Crippen molar-refractivity contribution in [3.05, 3.63) is 47.0 Å². The highest BCUT2D eigenvalue weighted by Crippen LogP contribution is 2.32. The lowest BCUT2D eigenvalue weighted by Gasteiger charge is -2.14. The standard InChI is InChI=1S/C13H9F3O4/c1-7-6-10(19-11(7)17)20-12(18)8-4-2-3-5-9(8)13(14,15)16/h2-6,10H,1H3. The van der Waals surface area contributed by atoms with Gasteiger partial charge in [-0.05, 0) is 19.1 Å². The van der Waals surface area contributed by atoms with E-state index in [-0.39, 0.29) is 5.57 Å². The topological polar surface area (TPSA) is 52.6 Å². The molecule has 0 bridgehead atoms. The normalized spacial score (nSPS) is 18.5. The van der Waals surface area contributed by atoms with Gasteiger partial charge in [-0.2, -0.15) is 13.2 Å². The Balaban J connectivity index is 2.21. The van der Waals surface area contributed by atoms with Crippen LogP contribution in [0.3, 0.4) is 0 Å². The number of ether oxygens (including phenoxy) is 2. The molecule has 0 spiro atoms. The van der Waals surface area contributed by atoms with E-state index in [1.165, 1.54) is 25.1 Å². The van der Waals surface area contributed by atoms with Gasteiger partial charge in [0, 0.05) is 11.6 Å². The van der Waals surface area contributed by atoms with Crippen LogP contribution >= 0.6 is 0 Å². The molecule has 0 saturated heterocycles. The maximum Gasteiger partial charge on any atom is 0.417 e. The van der Waals surface area contributed by atoms with Crippen LogP contribution in [0.4, 0.5) is 13.2 Å². The molecular weight excluding hydrogens is 277 g/mol. The first-order chi connectivity index (χ1) is 9.29. The van der Waals surface area contributed by atoms with Crippen molar-refractivity contribution in [2.75, 3.05) is 0 Å². The van der Waals surface area contributed by atoms with Gasteiger partial charge in [-0.1, -0.05) is 12.1 Å². The molecule has 1 aromatic carbocycles. The zero-order chi connectivity index (χ0) is 14.9. The molecule has 1 aliphatic rings. The monoisotopic (exact) mass is 286 g/mol. The van der Waals surface area contributed by atoms with Crippen LogP contribution in [0, 0.1) is 0 Å². The van der Waals surface area contributed by atoms with Crippen molar-refractivity contribution < 1.29 is 32.2 Å². The van der Waals surface area contributed by atoms with Crippen LogP contribution < -0.4 is 0 Å². The summed E-state index contributed by atoms with van der Waals surface area (Å²) in [7, 11) is 0. The number of halogens is 3. The van der Waals surface area contributed by atoms with Gasteiger partial charge >= 0.3 is 18.1 Å². The van der Waals surface area contributed by atoms with Crippen molar-refractivity contribution >= 4 is 11.9 Å². The summed E-state index contributed by atoms with van der Waals surface area (Å²) in [5, 5.41) is 0. The third-order valence-corrected chi connectivity index (χ3v) is 2.61. The lowest BCUT2D eigenvalue weighted by Crippen LogP contribution is -2.21. The average molecular weight is 286 g/mol. The minimum atomic E-state index is -4.67. The Kier molecular flexibility index (Phi) is 3.52. The first-order valence-electron chi connectivity index (χ1n) is 5.55. The fourth-order valence-electron chi connectivity index (χ4n) is 1.64. The van der Waals surface area contributed by atoms with Gasteiger partial charge in [0.05, 0.1) is 11.1 Å². The lowest BCUT2D eigenvalue weighted by atomic mass is 10.1. The van der Waals surface area contributed by atoms with Crippen molar-refractivity contribution in [3.8, 4) is 0 Å². The van der Waals surface area contributed by atoms with Crippen LogP contribution in [0.1, 0.15) is 22.8 Å². The Morgan fingerprint density at radius 1 is 1.30 bits per heavy atom. The number of hydrogen-bond acceptors (Lipinski definition) is 4. The molecule has 0 saturated carbocycles. The van der Waals surface area contributed by atoms with Crippen molar-refractivity contribution in [3.63, 3.8) is 0 Å². The van der Waals surface area contributed by atoms with Gasteiger partial charge in [0.25, 0.3) is 6.29 Å². The van der Waals surface area contributed by atoms with Crippen LogP contribution in [-0.2, 0) is 20.4 Å². The van der Waals surface area contributed by atoms with Crippen molar-refractivity contribution in [1.82, 2.24) is 0 Å². The van der Waals surface area contributed by atoms with Gasteiger partial charge in [0.2, 0.25) is 0 Å². The molecule has 0 aromatic heterocycles. The third kappa shape index (κ3) is 2.81. The van der Waals surface area contributed by atoms with Crippen LogP contribution in [0.2, 0.25) is 0 Å². The number of esters is 2. The Hall–Kier alpha value is -2.31. The highest BCUT2D eigenvalue weighted by molar-refractivity contribution is 5.93. The molecule has 106 valence electrons. The van der Waals surface area contributed by atoms with Crippen LogP contribution in [0.25, 0.3) is 0 Å². The molecule has 1 aliphatic heterocycles. The zero-order valence-electron chi connectivity index (χ0n) is 10.2. The van der Waals surface area contributed by atoms with Gasteiger partial charge in [-0.15, -0.1) is 0 Å². The summed E-state index contributed by atoms with van der Waals surface area (Å²) in [6.07, 6.45) is -4.75. The minimum Gasteiger partial charge on any atom is -0.418 e. The molecule has 0 N–H and O–H groups in total. The summed E-state index contributed by atoms with van der Waals surface area (Å²) < 4.78 is 47.6. The SMILES string of the molecule is CC1=CC(OC(=O)c2ccccc2C(F)(F)F)OC1=O. The summed E-state index contributed by atoms with van der Waals surface area (Å²) in [6.45, 7) is 1.44.